The van der Waals surface area contributed by atoms with E-state index in [0.29, 0.717) is 24.1 Å². The second-order valence-corrected chi connectivity index (χ2v) is 7.65. The topological polar surface area (TPSA) is 109 Å². The summed E-state index contributed by atoms with van der Waals surface area (Å²) in [4.78, 5) is 22.7. The van der Waals surface area contributed by atoms with Crippen molar-refractivity contribution in [2.45, 2.75) is 6.92 Å². The molecule has 3 N–H and O–H groups in total. The Balaban J connectivity index is 1.41. The molecule has 1 fully saturated rings. The summed E-state index contributed by atoms with van der Waals surface area (Å²) in [6, 6.07) is 16.1. The summed E-state index contributed by atoms with van der Waals surface area (Å²) in [5, 5.41) is 15.7. The first kappa shape index (κ1) is 22.5. The van der Waals surface area contributed by atoms with Crippen LogP contribution in [0.4, 0.5) is 23.1 Å². The van der Waals surface area contributed by atoms with Crippen LogP contribution in [-0.2, 0) is 4.74 Å². The molecule has 2 aromatic carbocycles. The third-order valence-electron chi connectivity index (χ3n) is 5.14. The van der Waals surface area contributed by atoms with Crippen LogP contribution in [0, 0.1) is 6.92 Å². The van der Waals surface area contributed by atoms with Crippen LogP contribution in [0.3, 0.4) is 0 Å². The van der Waals surface area contributed by atoms with Crippen LogP contribution in [0.2, 0.25) is 0 Å². The largest absolute Gasteiger partial charge is 0.492 e. The maximum atomic E-state index is 11.5. The quantitative estimate of drug-likeness (QED) is 0.451. The Labute approximate surface area is 192 Å². The van der Waals surface area contributed by atoms with Crippen molar-refractivity contribution in [1.82, 2.24) is 14.9 Å². The lowest BCUT2D eigenvalue weighted by Crippen LogP contribution is -2.38. The molecule has 2 heterocycles. The van der Waals surface area contributed by atoms with Crippen LogP contribution in [0.1, 0.15) is 16.1 Å². The molecular formula is C24H27N5O4. The number of para-hydroxylation sites is 1. The van der Waals surface area contributed by atoms with Gasteiger partial charge in [0.25, 0.3) is 0 Å². The molecule has 1 aromatic heterocycles. The summed E-state index contributed by atoms with van der Waals surface area (Å²) in [5.74, 6) is 0.648. The number of carbonyl (C=O) groups is 1. The lowest BCUT2D eigenvalue weighted by atomic mass is 10.2. The fourth-order valence-corrected chi connectivity index (χ4v) is 3.52. The molecule has 0 amide bonds. The molecule has 0 radical (unpaired) electrons. The van der Waals surface area contributed by atoms with E-state index < -0.39 is 5.97 Å². The average molecular weight is 450 g/mol. The molecule has 0 spiro atoms. The molecule has 1 aliphatic heterocycles. The van der Waals surface area contributed by atoms with Crippen LogP contribution in [0.25, 0.3) is 0 Å². The lowest BCUT2D eigenvalue weighted by molar-refractivity contribution is 0.0322. The van der Waals surface area contributed by atoms with E-state index in [1.54, 1.807) is 30.3 Å². The molecule has 172 valence electrons. The molecule has 3 aromatic rings. The van der Waals surface area contributed by atoms with Crippen LogP contribution < -0.4 is 15.4 Å². The predicted octanol–water partition coefficient (Wildman–Crippen LogP) is 3.68. The smallest absolute Gasteiger partial charge is 0.337 e. The number of aromatic nitrogens is 2. The molecule has 0 bridgehead atoms. The third kappa shape index (κ3) is 6.41. The highest BCUT2D eigenvalue weighted by atomic mass is 16.5. The van der Waals surface area contributed by atoms with Gasteiger partial charge in [0.1, 0.15) is 18.2 Å². The first-order chi connectivity index (χ1) is 16.1. The molecular weight excluding hydrogens is 422 g/mol. The van der Waals surface area contributed by atoms with Gasteiger partial charge in [0, 0.05) is 43.1 Å². The molecule has 4 rings (SSSR count). The Morgan fingerprint density at radius 3 is 2.73 bits per heavy atom. The van der Waals surface area contributed by atoms with Crippen LogP contribution >= 0.6 is 0 Å². The molecule has 0 atom stereocenters. The number of ether oxygens (including phenoxy) is 2. The molecule has 0 aliphatic carbocycles. The number of hydrogen-bond donors (Lipinski definition) is 3. The van der Waals surface area contributed by atoms with Crippen molar-refractivity contribution in [3.8, 4) is 5.75 Å². The monoisotopic (exact) mass is 449 g/mol. The Morgan fingerprint density at radius 1 is 1.09 bits per heavy atom. The van der Waals surface area contributed by atoms with Crippen molar-refractivity contribution in [1.29, 1.82) is 0 Å². The van der Waals surface area contributed by atoms with Crippen molar-refractivity contribution in [2.24, 2.45) is 0 Å². The van der Waals surface area contributed by atoms with Gasteiger partial charge in [0.15, 0.2) is 0 Å². The van der Waals surface area contributed by atoms with E-state index in [2.05, 4.69) is 25.5 Å². The summed E-state index contributed by atoms with van der Waals surface area (Å²) in [7, 11) is 0. The van der Waals surface area contributed by atoms with E-state index >= 15 is 0 Å². The minimum atomic E-state index is -1.01. The first-order valence-electron chi connectivity index (χ1n) is 10.8. The second-order valence-electron chi connectivity index (χ2n) is 7.65. The van der Waals surface area contributed by atoms with E-state index in [9.17, 15) is 9.90 Å². The van der Waals surface area contributed by atoms with Gasteiger partial charge in [-0.05, 0) is 31.2 Å². The van der Waals surface area contributed by atoms with E-state index in [4.69, 9.17) is 9.47 Å². The van der Waals surface area contributed by atoms with Crippen LogP contribution in [0.5, 0.6) is 5.75 Å². The standard InChI is InChI=1S/C24H27N5O4/c1-17-15-22(27-21-8-3-2-7-20(21)23(30)31)28-24(25-17)26-18-5-4-6-19(16-18)33-14-11-29-9-12-32-13-10-29/h2-8,15-16H,9-14H2,1H3,(H,30,31)(H2,25,26,27,28). The number of hydrogen-bond acceptors (Lipinski definition) is 8. The normalized spacial score (nSPS) is 14.0. The number of carboxylic acid groups (broad SMARTS) is 1. The molecule has 0 saturated carbocycles. The van der Waals surface area contributed by atoms with Crippen molar-refractivity contribution in [3.63, 3.8) is 0 Å². The fourth-order valence-electron chi connectivity index (χ4n) is 3.52. The van der Waals surface area contributed by atoms with Crippen molar-refractivity contribution in [2.75, 3.05) is 50.1 Å². The van der Waals surface area contributed by atoms with Gasteiger partial charge in [-0.1, -0.05) is 18.2 Å². The molecule has 1 aliphatic rings. The summed E-state index contributed by atoms with van der Waals surface area (Å²) >= 11 is 0. The Kier molecular flexibility index (Phi) is 7.33. The maximum Gasteiger partial charge on any atom is 0.337 e. The SMILES string of the molecule is Cc1cc(Nc2ccccc2C(=O)O)nc(Nc2cccc(OCCN3CCOCC3)c2)n1. The van der Waals surface area contributed by atoms with Gasteiger partial charge in [-0.3, -0.25) is 4.90 Å². The minimum Gasteiger partial charge on any atom is -0.492 e. The molecule has 9 heteroatoms. The number of carboxylic acids is 1. The fraction of sp³-hybridized carbons (Fsp3) is 0.292. The Morgan fingerprint density at radius 2 is 1.91 bits per heavy atom. The minimum absolute atomic E-state index is 0.171. The molecule has 0 unspecified atom stereocenters. The highest BCUT2D eigenvalue weighted by molar-refractivity contribution is 5.95. The van der Waals surface area contributed by atoms with Crippen molar-refractivity contribution < 1.29 is 19.4 Å². The van der Waals surface area contributed by atoms with Crippen LogP contribution in [0.15, 0.2) is 54.6 Å². The number of benzene rings is 2. The summed E-state index contributed by atoms with van der Waals surface area (Å²) in [5.41, 5.74) is 2.16. The Bertz CT molecular complexity index is 1100. The van der Waals surface area contributed by atoms with Gasteiger partial charge < -0.3 is 25.2 Å². The van der Waals surface area contributed by atoms with E-state index in [1.807, 2.05) is 31.2 Å². The first-order valence-corrected chi connectivity index (χ1v) is 10.8. The zero-order valence-corrected chi connectivity index (χ0v) is 18.5. The number of aryl methyl sites for hydroxylation is 1. The van der Waals surface area contributed by atoms with E-state index in [-0.39, 0.29) is 5.56 Å². The molecule has 1 saturated heterocycles. The zero-order chi connectivity index (χ0) is 23.0. The predicted molar refractivity (Wildman–Crippen MR) is 126 cm³/mol. The number of anilines is 4. The van der Waals surface area contributed by atoms with Gasteiger partial charge in [0.2, 0.25) is 5.95 Å². The van der Waals surface area contributed by atoms with Gasteiger partial charge in [0.05, 0.1) is 24.5 Å². The average Bonchev–Trinajstić information content (AvgIpc) is 2.80. The number of nitrogens with zero attached hydrogens (tertiary/aromatic N) is 3. The number of rotatable bonds is 9. The van der Waals surface area contributed by atoms with Gasteiger partial charge >= 0.3 is 5.97 Å². The highest BCUT2D eigenvalue weighted by Crippen LogP contribution is 2.24. The number of morpholine rings is 1. The van der Waals surface area contributed by atoms with Crippen molar-refractivity contribution in [3.05, 3.63) is 65.9 Å². The van der Waals surface area contributed by atoms with Crippen molar-refractivity contribution >= 4 is 29.1 Å². The maximum absolute atomic E-state index is 11.5. The van der Waals surface area contributed by atoms with Gasteiger partial charge in [-0.25, -0.2) is 9.78 Å². The van der Waals surface area contributed by atoms with E-state index in [0.717, 1.165) is 50.0 Å². The molecule has 33 heavy (non-hydrogen) atoms. The second kappa shape index (κ2) is 10.8. The highest BCUT2D eigenvalue weighted by Gasteiger charge is 2.12. The Hall–Kier alpha value is -3.69. The van der Waals surface area contributed by atoms with Gasteiger partial charge in [-0.15, -0.1) is 0 Å². The number of aromatic carboxylic acids is 1. The third-order valence-corrected chi connectivity index (χ3v) is 5.14. The summed E-state index contributed by atoms with van der Waals surface area (Å²) in [6.45, 7) is 6.72. The van der Waals surface area contributed by atoms with E-state index in [1.165, 1.54) is 0 Å². The summed E-state index contributed by atoms with van der Waals surface area (Å²) < 4.78 is 11.3. The van der Waals surface area contributed by atoms with Crippen LogP contribution in [-0.4, -0.2) is 65.4 Å². The zero-order valence-electron chi connectivity index (χ0n) is 18.5. The number of nitrogens with one attached hydrogen (secondary N) is 2. The molecule has 9 nitrogen and oxygen atoms in total. The summed E-state index contributed by atoms with van der Waals surface area (Å²) in [6.07, 6.45) is 0. The lowest BCUT2D eigenvalue weighted by Gasteiger charge is -2.26. The van der Waals surface area contributed by atoms with Gasteiger partial charge in [-0.2, -0.15) is 4.98 Å².